The van der Waals surface area contributed by atoms with Crippen LogP contribution in [0.25, 0.3) is 0 Å². The number of aromatic nitrogens is 1. The molecule has 1 aromatic heterocycles. The van der Waals surface area contributed by atoms with Crippen LogP contribution >= 0.6 is 11.6 Å². The predicted octanol–water partition coefficient (Wildman–Crippen LogP) is 1.18. The van der Waals surface area contributed by atoms with Crippen LogP contribution < -0.4 is 10.6 Å². The molecule has 0 saturated carbocycles. The molecule has 2 rings (SSSR count). The minimum Gasteiger partial charge on any atom is -0.372 e. The minimum atomic E-state index is 0.690. The Bertz CT molecular complexity index is 350. The first-order valence-corrected chi connectivity index (χ1v) is 5.92. The van der Waals surface area contributed by atoms with Gasteiger partial charge in [-0.3, -0.25) is 4.90 Å². The molecule has 1 saturated heterocycles. The van der Waals surface area contributed by atoms with E-state index in [-0.39, 0.29) is 0 Å². The fraction of sp³-hybridized carbons (Fsp3) is 0.545. The van der Waals surface area contributed by atoms with Crippen LogP contribution in [0.15, 0.2) is 12.3 Å². The number of hydrogen-bond donors (Lipinski definition) is 2. The van der Waals surface area contributed by atoms with E-state index in [1.165, 1.54) is 5.56 Å². The Morgan fingerprint density at radius 1 is 1.50 bits per heavy atom. The van der Waals surface area contributed by atoms with E-state index in [0.29, 0.717) is 5.02 Å². The number of nitrogens with one attached hydrogen (secondary N) is 2. The molecule has 0 bridgehead atoms. The molecule has 0 aromatic carbocycles. The van der Waals surface area contributed by atoms with Crippen molar-refractivity contribution in [3.8, 4) is 0 Å². The summed E-state index contributed by atoms with van der Waals surface area (Å²) in [5.74, 6) is 0.741. The molecule has 4 nitrogen and oxygen atoms in total. The Hall–Kier alpha value is -0.840. The molecule has 0 atom stereocenters. The van der Waals surface area contributed by atoms with Gasteiger partial charge < -0.3 is 10.6 Å². The van der Waals surface area contributed by atoms with Gasteiger partial charge in [0.05, 0.1) is 5.02 Å². The first kappa shape index (κ1) is 11.6. The van der Waals surface area contributed by atoms with E-state index >= 15 is 0 Å². The van der Waals surface area contributed by atoms with Gasteiger partial charge in [0, 0.05) is 46.0 Å². The van der Waals surface area contributed by atoms with E-state index in [0.717, 1.165) is 38.5 Å². The summed E-state index contributed by atoms with van der Waals surface area (Å²) in [6, 6.07) is 1.99. The molecule has 1 aliphatic heterocycles. The first-order chi connectivity index (χ1) is 7.79. The molecule has 0 spiro atoms. The molecule has 5 heteroatoms. The maximum Gasteiger partial charge on any atom is 0.144 e. The Morgan fingerprint density at radius 2 is 2.25 bits per heavy atom. The molecule has 2 N–H and O–H groups in total. The van der Waals surface area contributed by atoms with E-state index in [2.05, 4.69) is 20.5 Å². The van der Waals surface area contributed by atoms with E-state index in [4.69, 9.17) is 11.6 Å². The van der Waals surface area contributed by atoms with Gasteiger partial charge in [-0.25, -0.2) is 4.98 Å². The van der Waals surface area contributed by atoms with Crippen molar-refractivity contribution in [2.45, 2.75) is 6.54 Å². The second-order valence-electron chi connectivity index (χ2n) is 3.95. The van der Waals surface area contributed by atoms with Crippen LogP contribution in [0.5, 0.6) is 0 Å². The van der Waals surface area contributed by atoms with Crippen molar-refractivity contribution in [2.24, 2.45) is 0 Å². The number of halogens is 1. The van der Waals surface area contributed by atoms with E-state index in [1.54, 1.807) is 0 Å². The van der Waals surface area contributed by atoms with Crippen LogP contribution in [0.3, 0.4) is 0 Å². The summed E-state index contributed by atoms with van der Waals surface area (Å²) in [6.45, 7) is 5.24. The topological polar surface area (TPSA) is 40.2 Å². The number of pyridine rings is 1. The Balaban J connectivity index is 2.01. The normalized spacial score (nSPS) is 17.4. The number of rotatable bonds is 3. The molecular weight excluding hydrogens is 224 g/mol. The lowest BCUT2D eigenvalue weighted by molar-refractivity contribution is 0.233. The van der Waals surface area contributed by atoms with Crippen LogP contribution in [0.4, 0.5) is 5.82 Å². The lowest BCUT2D eigenvalue weighted by Gasteiger charge is -2.27. The number of nitrogens with zero attached hydrogens (tertiary/aromatic N) is 2. The maximum atomic E-state index is 6.09. The van der Waals surface area contributed by atoms with Crippen molar-refractivity contribution in [2.75, 3.05) is 38.5 Å². The van der Waals surface area contributed by atoms with Crippen molar-refractivity contribution >= 4 is 17.4 Å². The van der Waals surface area contributed by atoms with Crippen molar-refractivity contribution in [1.29, 1.82) is 0 Å². The summed E-state index contributed by atoms with van der Waals surface area (Å²) in [5, 5.41) is 6.99. The van der Waals surface area contributed by atoms with Crippen LogP contribution in [0.1, 0.15) is 5.56 Å². The van der Waals surface area contributed by atoms with Gasteiger partial charge in [0.15, 0.2) is 0 Å². The molecular formula is C11H17ClN4. The second-order valence-corrected chi connectivity index (χ2v) is 4.36. The van der Waals surface area contributed by atoms with Gasteiger partial charge in [0.1, 0.15) is 5.82 Å². The monoisotopic (exact) mass is 240 g/mol. The third-order valence-electron chi connectivity index (χ3n) is 2.75. The highest BCUT2D eigenvalue weighted by atomic mass is 35.5. The highest BCUT2D eigenvalue weighted by Crippen LogP contribution is 2.20. The smallest absolute Gasteiger partial charge is 0.144 e. The Morgan fingerprint density at radius 3 is 2.88 bits per heavy atom. The second kappa shape index (κ2) is 5.48. The quantitative estimate of drug-likeness (QED) is 0.833. The highest BCUT2D eigenvalue weighted by Gasteiger charge is 2.10. The lowest BCUT2D eigenvalue weighted by Crippen LogP contribution is -2.42. The molecule has 0 unspecified atom stereocenters. The molecule has 2 heterocycles. The molecule has 1 fully saturated rings. The summed E-state index contributed by atoms with van der Waals surface area (Å²) in [4.78, 5) is 6.68. The molecule has 0 amide bonds. The Labute approximate surface area is 101 Å². The zero-order chi connectivity index (χ0) is 11.4. The molecule has 1 aliphatic rings. The third kappa shape index (κ3) is 2.84. The summed E-state index contributed by atoms with van der Waals surface area (Å²) < 4.78 is 0. The summed E-state index contributed by atoms with van der Waals surface area (Å²) in [5.41, 5.74) is 1.17. The molecule has 1 aromatic rings. The molecule has 0 radical (unpaired) electrons. The number of piperazine rings is 1. The van der Waals surface area contributed by atoms with Gasteiger partial charge in [-0.15, -0.1) is 0 Å². The average molecular weight is 241 g/mol. The van der Waals surface area contributed by atoms with Gasteiger partial charge in [0.25, 0.3) is 0 Å². The Kier molecular flexibility index (Phi) is 3.98. The fourth-order valence-electron chi connectivity index (χ4n) is 1.88. The summed E-state index contributed by atoms with van der Waals surface area (Å²) >= 11 is 6.09. The number of anilines is 1. The summed E-state index contributed by atoms with van der Waals surface area (Å²) in [7, 11) is 1.82. The highest BCUT2D eigenvalue weighted by molar-refractivity contribution is 6.32. The predicted molar refractivity (Wildman–Crippen MR) is 66.9 cm³/mol. The van der Waals surface area contributed by atoms with Gasteiger partial charge in [0.2, 0.25) is 0 Å². The molecule has 0 aliphatic carbocycles. The third-order valence-corrected chi connectivity index (χ3v) is 3.04. The van der Waals surface area contributed by atoms with E-state index in [9.17, 15) is 0 Å². The molecule has 88 valence electrons. The zero-order valence-electron chi connectivity index (χ0n) is 9.46. The molecule has 16 heavy (non-hydrogen) atoms. The van der Waals surface area contributed by atoms with E-state index in [1.807, 2.05) is 19.3 Å². The zero-order valence-corrected chi connectivity index (χ0v) is 10.2. The van der Waals surface area contributed by atoms with Gasteiger partial charge in [-0.05, 0) is 11.6 Å². The van der Waals surface area contributed by atoms with Crippen LogP contribution in [-0.2, 0) is 6.54 Å². The average Bonchev–Trinajstić information content (AvgIpc) is 2.31. The maximum absolute atomic E-state index is 6.09. The minimum absolute atomic E-state index is 0.690. The standard InChI is InChI=1S/C11H17ClN4/c1-13-11-10(12)6-9(7-15-11)8-16-4-2-14-3-5-16/h6-7,14H,2-5,8H2,1H3,(H,13,15). The van der Waals surface area contributed by atoms with Crippen molar-refractivity contribution in [3.05, 3.63) is 22.8 Å². The van der Waals surface area contributed by atoms with Crippen LogP contribution in [0.2, 0.25) is 5.02 Å². The van der Waals surface area contributed by atoms with Crippen molar-refractivity contribution < 1.29 is 0 Å². The van der Waals surface area contributed by atoms with E-state index < -0.39 is 0 Å². The number of hydrogen-bond acceptors (Lipinski definition) is 4. The SMILES string of the molecule is CNc1ncc(CN2CCNCC2)cc1Cl. The van der Waals surface area contributed by atoms with Gasteiger partial charge in [-0.1, -0.05) is 11.6 Å². The lowest BCUT2D eigenvalue weighted by atomic mass is 10.2. The largest absolute Gasteiger partial charge is 0.372 e. The first-order valence-electron chi connectivity index (χ1n) is 5.55. The van der Waals surface area contributed by atoms with Crippen LogP contribution in [0, 0.1) is 0 Å². The fourth-order valence-corrected chi connectivity index (χ4v) is 2.16. The van der Waals surface area contributed by atoms with Crippen LogP contribution in [-0.4, -0.2) is 43.1 Å². The summed E-state index contributed by atoms with van der Waals surface area (Å²) in [6.07, 6.45) is 1.89. The van der Waals surface area contributed by atoms with Crippen molar-refractivity contribution in [3.63, 3.8) is 0 Å². The van der Waals surface area contributed by atoms with Gasteiger partial charge >= 0.3 is 0 Å². The van der Waals surface area contributed by atoms with Crippen molar-refractivity contribution in [1.82, 2.24) is 15.2 Å². The van der Waals surface area contributed by atoms with Gasteiger partial charge in [-0.2, -0.15) is 0 Å².